The van der Waals surface area contributed by atoms with Crippen LogP contribution in [-0.4, -0.2) is 37.7 Å². The number of benzene rings is 1. The van der Waals surface area contributed by atoms with Crippen LogP contribution in [0.2, 0.25) is 0 Å². The van der Waals surface area contributed by atoms with Crippen molar-refractivity contribution < 1.29 is 4.74 Å². The standard InChI is InChI=1S/C17H27BrN2O/c1-3-10-20(13-15-6-4-5-9-19-15)12-14-11-16(21-2)7-8-17(14)18/h7-8,11,15,19H,3-6,9-10,12-13H2,1-2H3. The van der Waals surface area contributed by atoms with Gasteiger partial charge in [0.2, 0.25) is 0 Å². The fourth-order valence-corrected chi connectivity index (χ4v) is 3.35. The Labute approximate surface area is 137 Å². The fourth-order valence-electron chi connectivity index (χ4n) is 2.98. The van der Waals surface area contributed by atoms with E-state index in [0.29, 0.717) is 6.04 Å². The summed E-state index contributed by atoms with van der Waals surface area (Å²) in [4.78, 5) is 2.56. The summed E-state index contributed by atoms with van der Waals surface area (Å²) < 4.78 is 6.52. The third-order valence-corrected chi connectivity index (χ3v) is 4.85. The molecule has 0 bridgehead atoms. The second-order valence-electron chi connectivity index (χ2n) is 5.84. The molecule has 3 nitrogen and oxygen atoms in total. The molecule has 1 fully saturated rings. The topological polar surface area (TPSA) is 24.5 Å². The van der Waals surface area contributed by atoms with Gasteiger partial charge < -0.3 is 10.1 Å². The Morgan fingerprint density at radius 1 is 1.38 bits per heavy atom. The van der Waals surface area contributed by atoms with E-state index in [9.17, 15) is 0 Å². The highest BCUT2D eigenvalue weighted by atomic mass is 79.9. The summed E-state index contributed by atoms with van der Waals surface area (Å²) in [6.45, 7) is 6.68. The van der Waals surface area contributed by atoms with Gasteiger partial charge in [0.25, 0.3) is 0 Å². The molecular weight excluding hydrogens is 328 g/mol. The average molecular weight is 355 g/mol. The van der Waals surface area contributed by atoms with Gasteiger partial charge in [0, 0.05) is 23.6 Å². The molecule has 0 aromatic heterocycles. The maximum atomic E-state index is 5.35. The molecule has 1 aromatic carbocycles. The molecule has 0 radical (unpaired) electrons. The molecule has 1 heterocycles. The van der Waals surface area contributed by atoms with Crippen molar-refractivity contribution in [2.45, 2.75) is 45.2 Å². The van der Waals surface area contributed by atoms with E-state index >= 15 is 0 Å². The average Bonchev–Trinajstić information content (AvgIpc) is 2.51. The minimum absolute atomic E-state index is 0.648. The molecule has 1 atom stereocenters. The van der Waals surface area contributed by atoms with Crippen LogP contribution in [0.3, 0.4) is 0 Å². The molecule has 21 heavy (non-hydrogen) atoms. The van der Waals surface area contributed by atoms with E-state index in [4.69, 9.17) is 4.74 Å². The second-order valence-corrected chi connectivity index (χ2v) is 6.69. The van der Waals surface area contributed by atoms with E-state index in [0.717, 1.165) is 25.4 Å². The van der Waals surface area contributed by atoms with Gasteiger partial charge in [-0.05, 0) is 56.1 Å². The third-order valence-electron chi connectivity index (χ3n) is 4.08. The lowest BCUT2D eigenvalue weighted by Crippen LogP contribution is -2.43. The molecule has 1 aliphatic heterocycles. The van der Waals surface area contributed by atoms with Crippen molar-refractivity contribution in [3.8, 4) is 5.75 Å². The highest BCUT2D eigenvalue weighted by Crippen LogP contribution is 2.24. The smallest absolute Gasteiger partial charge is 0.119 e. The number of ether oxygens (including phenoxy) is 1. The Kier molecular flexibility index (Phi) is 7.00. The maximum Gasteiger partial charge on any atom is 0.119 e. The van der Waals surface area contributed by atoms with Crippen LogP contribution in [-0.2, 0) is 6.54 Å². The van der Waals surface area contributed by atoms with Crippen molar-refractivity contribution >= 4 is 15.9 Å². The van der Waals surface area contributed by atoms with E-state index in [1.165, 1.54) is 42.3 Å². The lowest BCUT2D eigenvalue weighted by atomic mass is 10.0. The van der Waals surface area contributed by atoms with Crippen LogP contribution in [0.15, 0.2) is 22.7 Å². The van der Waals surface area contributed by atoms with Crippen LogP contribution in [0.25, 0.3) is 0 Å². The van der Waals surface area contributed by atoms with E-state index in [1.54, 1.807) is 7.11 Å². The van der Waals surface area contributed by atoms with Gasteiger partial charge in [-0.1, -0.05) is 29.3 Å². The van der Waals surface area contributed by atoms with Gasteiger partial charge in [0.05, 0.1) is 7.11 Å². The predicted molar refractivity (Wildman–Crippen MR) is 91.9 cm³/mol. The van der Waals surface area contributed by atoms with Gasteiger partial charge in [0.15, 0.2) is 0 Å². The quantitative estimate of drug-likeness (QED) is 0.805. The molecule has 1 saturated heterocycles. The molecule has 118 valence electrons. The predicted octanol–water partition coefficient (Wildman–Crippen LogP) is 3.81. The zero-order valence-electron chi connectivity index (χ0n) is 13.2. The van der Waals surface area contributed by atoms with Crippen molar-refractivity contribution in [2.75, 3.05) is 26.7 Å². The number of methoxy groups -OCH3 is 1. The van der Waals surface area contributed by atoms with Crippen molar-refractivity contribution in [1.29, 1.82) is 0 Å². The van der Waals surface area contributed by atoms with E-state index in [2.05, 4.69) is 45.2 Å². The van der Waals surface area contributed by atoms with Gasteiger partial charge in [-0.15, -0.1) is 0 Å². The summed E-state index contributed by atoms with van der Waals surface area (Å²) in [6.07, 6.45) is 5.18. The number of nitrogens with zero attached hydrogens (tertiary/aromatic N) is 1. The summed E-state index contributed by atoms with van der Waals surface area (Å²) in [5.74, 6) is 0.931. The maximum absolute atomic E-state index is 5.35. The number of hydrogen-bond acceptors (Lipinski definition) is 3. The van der Waals surface area contributed by atoms with Gasteiger partial charge in [0.1, 0.15) is 5.75 Å². The Morgan fingerprint density at radius 2 is 2.24 bits per heavy atom. The highest BCUT2D eigenvalue weighted by molar-refractivity contribution is 9.10. The third kappa shape index (κ3) is 5.28. The Morgan fingerprint density at radius 3 is 2.90 bits per heavy atom. The first kappa shape index (κ1) is 16.8. The number of piperidine rings is 1. The zero-order chi connectivity index (χ0) is 15.1. The van der Waals surface area contributed by atoms with E-state index in [1.807, 2.05) is 6.07 Å². The molecule has 1 unspecified atom stereocenters. The lowest BCUT2D eigenvalue weighted by molar-refractivity contribution is 0.216. The van der Waals surface area contributed by atoms with Crippen molar-refractivity contribution in [3.63, 3.8) is 0 Å². The van der Waals surface area contributed by atoms with Gasteiger partial charge in [-0.2, -0.15) is 0 Å². The van der Waals surface area contributed by atoms with E-state index in [-0.39, 0.29) is 0 Å². The molecule has 1 N–H and O–H groups in total. The lowest BCUT2D eigenvalue weighted by Gasteiger charge is -2.30. The van der Waals surface area contributed by atoms with Crippen LogP contribution in [0.4, 0.5) is 0 Å². The number of halogens is 1. The fraction of sp³-hybridized carbons (Fsp3) is 0.647. The molecular formula is C17H27BrN2O. The molecule has 4 heteroatoms. The zero-order valence-corrected chi connectivity index (χ0v) is 14.8. The molecule has 1 aliphatic rings. The monoisotopic (exact) mass is 354 g/mol. The summed E-state index contributed by atoms with van der Waals surface area (Å²) in [5, 5.41) is 3.65. The van der Waals surface area contributed by atoms with Gasteiger partial charge in [-0.3, -0.25) is 4.90 Å². The van der Waals surface area contributed by atoms with Gasteiger partial charge in [-0.25, -0.2) is 0 Å². The van der Waals surface area contributed by atoms with Crippen LogP contribution < -0.4 is 10.1 Å². The van der Waals surface area contributed by atoms with Crippen LogP contribution in [0.5, 0.6) is 5.75 Å². The normalized spacial score (nSPS) is 19.0. The first-order chi connectivity index (χ1) is 10.2. The van der Waals surface area contributed by atoms with Crippen molar-refractivity contribution in [1.82, 2.24) is 10.2 Å². The summed E-state index contributed by atoms with van der Waals surface area (Å²) in [6, 6.07) is 6.87. The van der Waals surface area contributed by atoms with Crippen LogP contribution in [0.1, 0.15) is 38.2 Å². The number of rotatable bonds is 7. The van der Waals surface area contributed by atoms with Crippen molar-refractivity contribution in [3.05, 3.63) is 28.2 Å². The molecule has 0 aliphatic carbocycles. The van der Waals surface area contributed by atoms with Crippen LogP contribution >= 0.6 is 15.9 Å². The molecule has 2 rings (SSSR count). The Balaban J connectivity index is 2.00. The molecule has 0 spiro atoms. The first-order valence-electron chi connectivity index (χ1n) is 8.01. The second kappa shape index (κ2) is 8.76. The Hall–Kier alpha value is -0.580. The van der Waals surface area contributed by atoms with Gasteiger partial charge >= 0.3 is 0 Å². The minimum Gasteiger partial charge on any atom is -0.497 e. The minimum atomic E-state index is 0.648. The summed E-state index contributed by atoms with van der Waals surface area (Å²) in [5.41, 5.74) is 1.30. The molecule has 1 aromatic rings. The number of hydrogen-bond donors (Lipinski definition) is 1. The summed E-state index contributed by atoms with van der Waals surface area (Å²) in [7, 11) is 1.72. The molecule has 0 saturated carbocycles. The van der Waals surface area contributed by atoms with Crippen molar-refractivity contribution in [2.24, 2.45) is 0 Å². The highest BCUT2D eigenvalue weighted by Gasteiger charge is 2.17. The SMILES string of the molecule is CCCN(Cc1cc(OC)ccc1Br)CC1CCCCN1. The largest absolute Gasteiger partial charge is 0.497 e. The number of nitrogens with one attached hydrogen (secondary N) is 1. The molecule has 0 amide bonds. The van der Waals surface area contributed by atoms with Crippen LogP contribution in [0, 0.1) is 0 Å². The summed E-state index contributed by atoms with van der Waals surface area (Å²) >= 11 is 3.67. The van der Waals surface area contributed by atoms with E-state index < -0.39 is 0 Å². The first-order valence-corrected chi connectivity index (χ1v) is 8.80. The Bertz CT molecular complexity index is 433.